The maximum absolute atomic E-state index is 13.1. The van der Waals surface area contributed by atoms with Gasteiger partial charge in [0.05, 0.1) is 23.6 Å². The van der Waals surface area contributed by atoms with E-state index in [2.05, 4.69) is 26.8 Å². The number of nitrogens with one attached hydrogen (secondary N) is 2. The predicted molar refractivity (Wildman–Crippen MR) is 101 cm³/mol. The number of allylic oxidation sites excluding steroid dienone is 1. The lowest BCUT2D eigenvalue weighted by atomic mass is 10.2. The molecule has 1 aliphatic heterocycles. The minimum Gasteiger partial charge on any atom is -0.358 e. The van der Waals surface area contributed by atoms with E-state index < -0.39 is 0 Å². The molecule has 1 aromatic heterocycles. The molecule has 26 heavy (non-hydrogen) atoms. The summed E-state index contributed by atoms with van der Waals surface area (Å²) in [6, 6.07) is 8.52. The Morgan fingerprint density at radius 1 is 1.38 bits per heavy atom. The molecule has 3 rings (SSSR count). The third-order valence-electron chi connectivity index (χ3n) is 4.41. The molecule has 1 aliphatic rings. The number of hydrogen-bond donors (Lipinski definition) is 2. The molecule has 1 unspecified atom stereocenters. The monoisotopic (exact) mass is 372 g/mol. The Hall–Kier alpha value is -2.63. The van der Waals surface area contributed by atoms with Gasteiger partial charge < -0.3 is 15.2 Å². The highest BCUT2D eigenvalue weighted by Crippen LogP contribution is 2.30. The van der Waals surface area contributed by atoms with Gasteiger partial charge in [-0.3, -0.25) is 0 Å². The van der Waals surface area contributed by atoms with Crippen LogP contribution < -0.4 is 15.8 Å². The first-order valence-corrected chi connectivity index (χ1v) is 9.19. The third kappa shape index (κ3) is 3.64. The lowest BCUT2D eigenvalue weighted by molar-refractivity contribution is 0.216. The quantitative estimate of drug-likeness (QED) is 0.840. The van der Waals surface area contributed by atoms with Crippen molar-refractivity contribution in [3.8, 4) is 17.3 Å². The largest absolute Gasteiger partial charge is 0.358 e. The van der Waals surface area contributed by atoms with Gasteiger partial charge in [-0.15, -0.1) is 11.3 Å². The smallest absolute Gasteiger partial charge is 0.191 e. The topological polar surface area (TPSA) is 67.2 Å². The van der Waals surface area contributed by atoms with Gasteiger partial charge >= 0.3 is 0 Å². The Morgan fingerprint density at radius 3 is 2.81 bits per heavy atom. The SMILES string of the molecule is CC1NNC(N(C)c2nc(-c3ccc(F)cc3)cs2)=C(CCC#N)N1C. The van der Waals surface area contributed by atoms with Crippen LogP contribution in [0.25, 0.3) is 11.3 Å². The van der Waals surface area contributed by atoms with E-state index in [4.69, 9.17) is 5.26 Å². The van der Waals surface area contributed by atoms with Crippen LogP contribution in [0.3, 0.4) is 0 Å². The Kier molecular flexibility index (Phi) is 5.40. The molecule has 2 aromatic rings. The first-order valence-electron chi connectivity index (χ1n) is 8.31. The van der Waals surface area contributed by atoms with Crippen LogP contribution in [-0.2, 0) is 0 Å². The average molecular weight is 372 g/mol. The number of benzene rings is 1. The molecule has 1 atom stereocenters. The van der Waals surface area contributed by atoms with E-state index in [0.29, 0.717) is 12.8 Å². The fourth-order valence-electron chi connectivity index (χ4n) is 2.76. The molecule has 136 valence electrons. The second kappa shape index (κ2) is 7.72. The number of rotatable bonds is 5. The fourth-order valence-corrected chi connectivity index (χ4v) is 3.56. The van der Waals surface area contributed by atoms with E-state index in [0.717, 1.165) is 27.9 Å². The normalized spacial score (nSPS) is 17.0. The van der Waals surface area contributed by atoms with Crippen molar-refractivity contribution in [2.75, 3.05) is 19.0 Å². The number of nitrogens with zero attached hydrogens (tertiary/aromatic N) is 4. The molecule has 6 nitrogen and oxygen atoms in total. The zero-order valence-electron chi connectivity index (χ0n) is 15.0. The summed E-state index contributed by atoms with van der Waals surface area (Å²) >= 11 is 1.51. The summed E-state index contributed by atoms with van der Waals surface area (Å²) < 4.78 is 13.1. The molecular weight excluding hydrogens is 351 g/mol. The summed E-state index contributed by atoms with van der Waals surface area (Å²) in [5.41, 5.74) is 9.18. The fraction of sp³-hybridized carbons (Fsp3) is 0.333. The molecule has 8 heteroatoms. The lowest BCUT2D eigenvalue weighted by Gasteiger charge is -2.39. The van der Waals surface area contributed by atoms with Crippen LogP contribution in [0.5, 0.6) is 0 Å². The summed E-state index contributed by atoms with van der Waals surface area (Å²) in [7, 11) is 3.94. The van der Waals surface area contributed by atoms with Crippen LogP contribution in [0.15, 0.2) is 41.2 Å². The van der Waals surface area contributed by atoms with Crippen LogP contribution in [-0.4, -0.2) is 30.1 Å². The van der Waals surface area contributed by atoms with Gasteiger partial charge in [-0.25, -0.2) is 14.8 Å². The number of anilines is 1. The molecule has 2 N–H and O–H groups in total. The van der Waals surface area contributed by atoms with Crippen LogP contribution in [0.2, 0.25) is 0 Å². The zero-order chi connectivity index (χ0) is 18.7. The molecule has 0 bridgehead atoms. The van der Waals surface area contributed by atoms with Gasteiger partial charge in [0, 0.05) is 37.9 Å². The third-order valence-corrected chi connectivity index (χ3v) is 5.32. The van der Waals surface area contributed by atoms with Crippen molar-refractivity contribution in [2.24, 2.45) is 0 Å². The van der Waals surface area contributed by atoms with E-state index in [1.54, 1.807) is 12.1 Å². The summed E-state index contributed by atoms with van der Waals surface area (Å²) in [6.07, 6.45) is 1.22. The maximum atomic E-state index is 13.1. The molecule has 0 saturated carbocycles. The van der Waals surface area contributed by atoms with Crippen molar-refractivity contribution < 1.29 is 4.39 Å². The second-order valence-electron chi connectivity index (χ2n) is 6.09. The average Bonchev–Trinajstić information content (AvgIpc) is 3.13. The lowest BCUT2D eigenvalue weighted by Crippen LogP contribution is -2.55. The van der Waals surface area contributed by atoms with Gasteiger partial charge in [0.25, 0.3) is 0 Å². The highest BCUT2D eigenvalue weighted by Gasteiger charge is 2.25. The van der Waals surface area contributed by atoms with Gasteiger partial charge in [-0.2, -0.15) is 5.26 Å². The number of hydrazine groups is 1. The Bertz CT molecular complexity index is 838. The summed E-state index contributed by atoms with van der Waals surface area (Å²) in [5.74, 6) is 0.615. The van der Waals surface area contributed by atoms with Crippen molar-refractivity contribution >= 4 is 16.5 Å². The molecule has 0 radical (unpaired) electrons. The number of hydrogen-bond acceptors (Lipinski definition) is 7. The molecule has 0 aliphatic carbocycles. The second-order valence-corrected chi connectivity index (χ2v) is 6.93. The standard InChI is InChI=1S/C18H21FN6S/c1-12-22-23-17(16(24(12)2)5-4-10-20)25(3)18-21-15(11-26-18)13-6-8-14(19)9-7-13/h6-9,11-12,22-23H,4-5H2,1-3H3. The minimum atomic E-state index is -0.261. The zero-order valence-corrected chi connectivity index (χ0v) is 15.8. The van der Waals surface area contributed by atoms with Crippen molar-refractivity contribution in [1.29, 1.82) is 5.26 Å². The van der Waals surface area contributed by atoms with Crippen molar-refractivity contribution in [2.45, 2.75) is 25.9 Å². The summed E-state index contributed by atoms with van der Waals surface area (Å²) in [4.78, 5) is 8.77. The Morgan fingerprint density at radius 2 is 2.12 bits per heavy atom. The van der Waals surface area contributed by atoms with Gasteiger partial charge in [-0.05, 0) is 31.2 Å². The highest BCUT2D eigenvalue weighted by molar-refractivity contribution is 7.14. The molecular formula is C18H21FN6S. The molecule has 0 amide bonds. The van der Waals surface area contributed by atoms with Crippen LogP contribution >= 0.6 is 11.3 Å². The number of halogens is 1. The molecule has 2 heterocycles. The highest BCUT2D eigenvalue weighted by atomic mass is 32.1. The van der Waals surface area contributed by atoms with Crippen molar-refractivity contribution in [3.05, 3.63) is 47.0 Å². The molecule has 1 aromatic carbocycles. The van der Waals surface area contributed by atoms with E-state index in [-0.39, 0.29) is 12.0 Å². The van der Waals surface area contributed by atoms with Gasteiger partial charge in [-0.1, -0.05) is 0 Å². The number of aromatic nitrogens is 1. The van der Waals surface area contributed by atoms with Crippen molar-refractivity contribution in [1.82, 2.24) is 20.7 Å². The Labute approximate surface area is 156 Å². The molecule has 0 saturated heterocycles. The molecule has 0 spiro atoms. The predicted octanol–water partition coefficient (Wildman–Crippen LogP) is 3.24. The number of thiazole rings is 1. The minimum absolute atomic E-state index is 0.118. The first kappa shape index (κ1) is 18.2. The van der Waals surface area contributed by atoms with Gasteiger partial charge in [0.2, 0.25) is 0 Å². The number of nitriles is 1. The van der Waals surface area contributed by atoms with E-state index in [1.807, 2.05) is 31.3 Å². The van der Waals surface area contributed by atoms with E-state index in [9.17, 15) is 4.39 Å². The van der Waals surface area contributed by atoms with Gasteiger partial charge in [0.1, 0.15) is 11.6 Å². The first-order chi connectivity index (χ1) is 12.5. The maximum Gasteiger partial charge on any atom is 0.191 e. The van der Waals surface area contributed by atoms with Crippen LogP contribution in [0.4, 0.5) is 9.52 Å². The van der Waals surface area contributed by atoms with Crippen LogP contribution in [0, 0.1) is 17.1 Å². The summed E-state index contributed by atoms with van der Waals surface area (Å²) in [5, 5.41) is 11.7. The molecule has 0 fully saturated rings. The van der Waals surface area contributed by atoms with E-state index in [1.165, 1.54) is 23.5 Å². The van der Waals surface area contributed by atoms with Gasteiger partial charge in [0.15, 0.2) is 5.13 Å². The Balaban J connectivity index is 1.89. The van der Waals surface area contributed by atoms with Crippen molar-refractivity contribution in [3.63, 3.8) is 0 Å². The summed E-state index contributed by atoms with van der Waals surface area (Å²) in [6.45, 7) is 2.05. The van der Waals surface area contributed by atoms with E-state index >= 15 is 0 Å². The van der Waals surface area contributed by atoms with Crippen LogP contribution in [0.1, 0.15) is 19.8 Å².